The number of rotatable bonds is 10. The van der Waals surface area contributed by atoms with Crippen molar-refractivity contribution in [2.75, 3.05) is 0 Å². The number of hydrogen-bond donors (Lipinski definition) is 0. The molecule has 3 aliphatic rings. The van der Waals surface area contributed by atoms with E-state index in [-0.39, 0.29) is 67.2 Å². The van der Waals surface area contributed by atoms with Crippen LogP contribution in [0.5, 0.6) is 0 Å². The molecule has 3 atom stereocenters. The van der Waals surface area contributed by atoms with E-state index in [1.165, 1.54) is 12.2 Å². The summed E-state index contributed by atoms with van der Waals surface area (Å²) >= 11 is 0. The number of ketones is 1. The summed E-state index contributed by atoms with van der Waals surface area (Å²) in [7, 11) is -11.3. The van der Waals surface area contributed by atoms with Gasteiger partial charge in [-0.1, -0.05) is 0 Å². The molecule has 3 unspecified atom stereocenters. The molecule has 21 heteroatoms. The predicted molar refractivity (Wildman–Crippen MR) is 187 cm³/mol. The van der Waals surface area contributed by atoms with Crippen LogP contribution in [0.3, 0.4) is 0 Å². The van der Waals surface area contributed by atoms with Gasteiger partial charge in [-0.2, -0.15) is 43.2 Å². The Morgan fingerprint density at radius 1 is 0.607 bits per heavy atom. The Kier molecular flexibility index (Phi) is 17.5. The van der Waals surface area contributed by atoms with E-state index in [1.807, 2.05) is 20.8 Å². The second kappa shape index (κ2) is 19.4. The molecular weight excluding hydrogens is 806 g/mol. The number of alkyl halides is 6. The van der Waals surface area contributed by atoms with E-state index in [0.717, 1.165) is 6.42 Å². The van der Waals surface area contributed by atoms with Gasteiger partial charge in [0, 0.05) is 38.5 Å². The van der Waals surface area contributed by atoms with Crippen molar-refractivity contribution in [3.8, 4) is 0 Å². The molecule has 0 heterocycles. The van der Waals surface area contributed by atoms with E-state index in [4.69, 9.17) is 14.2 Å². The Balaban J connectivity index is 0.000000429. The van der Waals surface area contributed by atoms with Gasteiger partial charge in [-0.05, 0) is 111 Å². The van der Waals surface area contributed by atoms with Crippen LogP contribution in [0.25, 0.3) is 0 Å². The highest BCUT2D eigenvalue weighted by molar-refractivity contribution is 7.88. The van der Waals surface area contributed by atoms with Crippen LogP contribution in [0.15, 0.2) is 23.7 Å². The van der Waals surface area contributed by atoms with Crippen molar-refractivity contribution in [3.05, 3.63) is 23.7 Å². The van der Waals surface area contributed by atoms with Crippen molar-refractivity contribution in [1.29, 1.82) is 0 Å². The summed E-state index contributed by atoms with van der Waals surface area (Å²) in [6.45, 7) is 15.7. The van der Waals surface area contributed by atoms with Gasteiger partial charge in [0.15, 0.2) is 0 Å². The molecule has 0 aliphatic heterocycles. The Hall–Kier alpha value is -3.36. The number of Topliss-reactive ketones (excluding diaryl/α,β-unsaturated/α-hetero) is 1. The molecular formula is C35H52F6O13S2. The molecule has 0 aromatic rings. The first-order chi connectivity index (χ1) is 25.0. The van der Waals surface area contributed by atoms with Crippen molar-refractivity contribution in [2.45, 2.75) is 154 Å². The lowest BCUT2D eigenvalue weighted by molar-refractivity contribution is -0.157. The lowest BCUT2D eigenvalue weighted by Gasteiger charge is -2.20. The minimum absolute atomic E-state index is 0.00725. The van der Waals surface area contributed by atoms with Gasteiger partial charge in [0.2, 0.25) is 0 Å². The van der Waals surface area contributed by atoms with Crippen molar-refractivity contribution >= 4 is 43.9 Å². The van der Waals surface area contributed by atoms with E-state index >= 15 is 0 Å². The molecule has 3 aliphatic carbocycles. The van der Waals surface area contributed by atoms with Crippen molar-refractivity contribution in [2.24, 2.45) is 17.8 Å². The zero-order valence-corrected chi connectivity index (χ0v) is 34.5. The summed E-state index contributed by atoms with van der Waals surface area (Å²) in [5, 5.41) is 0. The standard InChI is InChI=1S/2C12H17F3O5S.C11H18O3/c2*1-11(2,3)19-10(16)7-8-4-5-9(6-8)20-21(17,18)12(13,14)15;1-11(2,3)14-10(13)7-8-4-5-9(12)6-8/h6,8H,4-5,7H2,1-3H3;5,8H,4,6-7H2,1-3H3;8H,4-7H2,1-3H3. The fourth-order valence-electron chi connectivity index (χ4n) is 5.24. The molecule has 56 heavy (non-hydrogen) atoms. The zero-order valence-electron chi connectivity index (χ0n) is 32.8. The largest absolute Gasteiger partial charge is 0.534 e. The van der Waals surface area contributed by atoms with Crippen molar-refractivity contribution in [1.82, 2.24) is 0 Å². The molecule has 0 N–H and O–H groups in total. The molecule has 324 valence electrons. The van der Waals surface area contributed by atoms with Gasteiger partial charge in [0.25, 0.3) is 0 Å². The topological polar surface area (TPSA) is 183 Å². The SMILES string of the molecule is CC(C)(C)OC(=O)CC1C=C(OS(=O)(=O)C(F)(F)F)CC1.CC(C)(C)OC(=O)CC1CC=C(OS(=O)(=O)C(F)(F)F)C1.CC(C)(C)OC(=O)CC1CCC(=O)C1. The van der Waals surface area contributed by atoms with Gasteiger partial charge >= 0.3 is 49.2 Å². The fraction of sp³-hybridized carbons (Fsp3) is 0.771. The molecule has 0 radical (unpaired) electrons. The van der Waals surface area contributed by atoms with Crippen molar-refractivity contribution in [3.63, 3.8) is 0 Å². The van der Waals surface area contributed by atoms with Gasteiger partial charge in [-0.15, -0.1) is 0 Å². The zero-order chi connectivity index (χ0) is 43.7. The summed E-state index contributed by atoms with van der Waals surface area (Å²) in [6, 6.07) is 0. The second-order valence-corrected chi connectivity index (χ2v) is 19.5. The molecule has 0 spiro atoms. The molecule has 0 aromatic carbocycles. The summed E-state index contributed by atoms with van der Waals surface area (Å²) in [4.78, 5) is 45.5. The van der Waals surface area contributed by atoms with Crippen LogP contribution < -0.4 is 0 Å². The molecule has 0 bridgehead atoms. The third-order valence-corrected chi connectivity index (χ3v) is 9.30. The Bertz CT molecular complexity index is 1680. The van der Waals surface area contributed by atoms with Crippen LogP contribution in [0.1, 0.15) is 127 Å². The first kappa shape index (κ1) is 50.7. The highest BCUT2D eigenvalue weighted by Gasteiger charge is 2.50. The van der Waals surface area contributed by atoms with Crippen LogP contribution in [-0.4, -0.2) is 68.3 Å². The monoisotopic (exact) mass is 858 g/mol. The molecule has 13 nitrogen and oxygen atoms in total. The normalized spacial score (nSPS) is 20.7. The fourth-order valence-corrected chi connectivity index (χ4v) is 6.26. The van der Waals surface area contributed by atoms with Crippen LogP contribution in [0.2, 0.25) is 0 Å². The maximum Gasteiger partial charge on any atom is 0.534 e. The molecule has 0 saturated heterocycles. The number of esters is 3. The Labute approximate surface area is 324 Å². The average Bonchev–Trinajstić information content (AvgIpc) is 3.66. The molecule has 3 rings (SSSR count). The van der Waals surface area contributed by atoms with Gasteiger partial charge in [0.05, 0.1) is 6.42 Å². The van der Waals surface area contributed by atoms with Crippen LogP contribution >= 0.6 is 0 Å². The molecule has 0 aromatic heterocycles. The first-order valence-corrected chi connectivity index (χ1v) is 20.4. The smallest absolute Gasteiger partial charge is 0.460 e. The second-order valence-electron chi connectivity index (χ2n) is 16.4. The summed E-state index contributed by atoms with van der Waals surface area (Å²) < 4.78 is 140. The minimum atomic E-state index is -5.65. The Morgan fingerprint density at radius 3 is 1.41 bits per heavy atom. The predicted octanol–water partition coefficient (Wildman–Crippen LogP) is 7.84. The van der Waals surface area contributed by atoms with Crippen LogP contribution in [0.4, 0.5) is 26.3 Å². The maximum absolute atomic E-state index is 12.2. The summed E-state index contributed by atoms with van der Waals surface area (Å²) in [5.41, 5.74) is -12.6. The number of hydrogen-bond acceptors (Lipinski definition) is 13. The quantitative estimate of drug-likeness (QED) is 0.0682. The van der Waals surface area contributed by atoms with E-state index in [2.05, 4.69) is 8.37 Å². The van der Waals surface area contributed by atoms with E-state index in [9.17, 15) is 62.4 Å². The number of ether oxygens (including phenoxy) is 3. The molecule has 1 saturated carbocycles. The van der Waals surface area contributed by atoms with Crippen LogP contribution in [-0.2, 0) is 62.0 Å². The third kappa shape index (κ3) is 20.2. The van der Waals surface area contributed by atoms with Crippen molar-refractivity contribution < 1.29 is 84.9 Å². The number of carbonyl (C=O) groups excluding carboxylic acids is 4. The summed E-state index contributed by atoms with van der Waals surface area (Å²) in [5.74, 6) is -1.96. The highest BCUT2D eigenvalue weighted by atomic mass is 32.2. The molecule has 1 fully saturated rings. The number of allylic oxidation sites excluding steroid dienone is 4. The lowest BCUT2D eigenvalue weighted by atomic mass is 10.0. The molecule has 0 amide bonds. The maximum atomic E-state index is 12.2. The van der Waals surface area contributed by atoms with Gasteiger partial charge in [-0.3, -0.25) is 19.2 Å². The summed E-state index contributed by atoms with van der Waals surface area (Å²) in [6.07, 6.45) is 5.45. The van der Waals surface area contributed by atoms with Gasteiger partial charge < -0.3 is 22.6 Å². The average molecular weight is 859 g/mol. The first-order valence-electron chi connectivity index (χ1n) is 17.6. The number of carbonyl (C=O) groups is 4. The van der Waals surface area contributed by atoms with E-state index in [1.54, 1.807) is 41.5 Å². The van der Waals surface area contributed by atoms with E-state index in [0.29, 0.717) is 25.7 Å². The third-order valence-electron chi connectivity index (χ3n) is 7.30. The highest BCUT2D eigenvalue weighted by Crippen LogP contribution is 2.35. The lowest BCUT2D eigenvalue weighted by Crippen LogP contribution is -2.26. The van der Waals surface area contributed by atoms with Gasteiger partial charge in [-0.25, -0.2) is 0 Å². The van der Waals surface area contributed by atoms with Crippen LogP contribution in [0, 0.1) is 17.8 Å². The van der Waals surface area contributed by atoms with E-state index < -0.39 is 65.9 Å². The Morgan fingerprint density at radius 2 is 1.02 bits per heavy atom. The minimum Gasteiger partial charge on any atom is -0.460 e. The van der Waals surface area contributed by atoms with Gasteiger partial charge in [0.1, 0.15) is 34.1 Å². The number of halogens is 6.